The van der Waals surface area contributed by atoms with Gasteiger partial charge in [0.05, 0.1) is 11.1 Å². The van der Waals surface area contributed by atoms with Gasteiger partial charge in [-0.2, -0.15) is 5.26 Å². The van der Waals surface area contributed by atoms with Gasteiger partial charge in [0.25, 0.3) is 0 Å². The number of pyridine rings is 1. The molecule has 4 nitrogen and oxygen atoms in total. The molecule has 1 N–H and O–H groups in total. The molecule has 0 saturated carbocycles. The number of hydrogen-bond donors (Lipinski definition) is 1. The Labute approximate surface area is 126 Å². The summed E-state index contributed by atoms with van der Waals surface area (Å²) < 4.78 is 0. The molecular formula is C17H22N4. The molecule has 21 heavy (non-hydrogen) atoms. The van der Waals surface area contributed by atoms with E-state index in [2.05, 4.69) is 28.2 Å². The predicted octanol–water partition coefficient (Wildman–Crippen LogP) is 2.93. The van der Waals surface area contributed by atoms with E-state index in [9.17, 15) is 5.26 Å². The zero-order valence-corrected chi connectivity index (χ0v) is 12.9. The molecule has 1 atom stereocenters. The summed E-state index contributed by atoms with van der Waals surface area (Å²) in [6, 6.07) is 10.6. The molecule has 1 fully saturated rings. The minimum atomic E-state index is 0.449. The summed E-state index contributed by atoms with van der Waals surface area (Å²) >= 11 is 0. The van der Waals surface area contributed by atoms with Crippen LogP contribution in [0.25, 0.3) is 10.9 Å². The van der Waals surface area contributed by atoms with Gasteiger partial charge in [-0.15, -0.1) is 0 Å². The highest BCUT2D eigenvalue weighted by atomic mass is 15.2. The van der Waals surface area contributed by atoms with Crippen LogP contribution in [0.3, 0.4) is 0 Å². The average Bonchev–Trinajstić information content (AvgIpc) is 2.56. The Kier molecular flexibility index (Phi) is 5.13. The topological polar surface area (TPSA) is 52.0 Å². The Morgan fingerprint density at radius 3 is 2.86 bits per heavy atom. The zero-order valence-electron chi connectivity index (χ0n) is 12.9. The van der Waals surface area contributed by atoms with Crippen molar-refractivity contribution in [3.8, 4) is 6.07 Å². The largest absolute Gasteiger partial charge is 0.366 e. The normalized spacial score (nSPS) is 17.8. The van der Waals surface area contributed by atoms with Crippen molar-refractivity contribution in [3.63, 3.8) is 0 Å². The molecule has 4 heteroatoms. The summed E-state index contributed by atoms with van der Waals surface area (Å²) in [6.07, 6.45) is 1.74. The monoisotopic (exact) mass is 282 g/mol. The molecule has 1 aromatic heterocycles. The van der Waals surface area contributed by atoms with Crippen LogP contribution in [-0.2, 0) is 0 Å². The number of fused-ring (bicyclic) bond motifs is 1. The Morgan fingerprint density at radius 2 is 2.14 bits per heavy atom. The molecule has 0 radical (unpaired) electrons. The number of benzene rings is 1. The van der Waals surface area contributed by atoms with Crippen LogP contribution in [0.1, 0.15) is 26.3 Å². The zero-order chi connectivity index (χ0) is 15.2. The van der Waals surface area contributed by atoms with Crippen LogP contribution in [0, 0.1) is 11.3 Å². The van der Waals surface area contributed by atoms with E-state index in [1.807, 2.05) is 38.1 Å². The van der Waals surface area contributed by atoms with Gasteiger partial charge in [-0.25, -0.2) is 0 Å². The highest BCUT2D eigenvalue weighted by molar-refractivity contribution is 5.95. The van der Waals surface area contributed by atoms with Crippen LogP contribution >= 0.6 is 0 Å². The molecule has 0 spiro atoms. The summed E-state index contributed by atoms with van der Waals surface area (Å²) in [5.74, 6) is 0. The van der Waals surface area contributed by atoms with E-state index in [-0.39, 0.29) is 0 Å². The van der Waals surface area contributed by atoms with Gasteiger partial charge >= 0.3 is 0 Å². The molecule has 110 valence electrons. The quantitative estimate of drug-likeness (QED) is 0.873. The fourth-order valence-corrected chi connectivity index (χ4v) is 2.70. The number of nitrogens with zero attached hydrogens (tertiary/aromatic N) is 3. The number of nitrogens with one attached hydrogen (secondary N) is 1. The van der Waals surface area contributed by atoms with Gasteiger partial charge < -0.3 is 10.2 Å². The Morgan fingerprint density at radius 1 is 1.33 bits per heavy atom. The lowest BCUT2D eigenvalue weighted by Gasteiger charge is -2.36. The number of rotatable bonds is 1. The lowest BCUT2D eigenvalue weighted by molar-refractivity contribution is 0.502. The van der Waals surface area contributed by atoms with Gasteiger partial charge in [-0.3, -0.25) is 4.98 Å². The molecule has 0 bridgehead atoms. The van der Waals surface area contributed by atoms with E-state index >= 15 is 0 Å². The van der Waals surface area contributed by atoms with Crippen molar-refractivity contribution in [2.45, 2.75) is 26.8 Å². The van der Waals surface area contributed by atoms with Gasteiger partial charge in [0.15, 0.2) is 0 Å². The molecule has 2 heterocycles. The fraction of sp³-hybridized carbons (Fsp3) is 0.412. The first-order valence-corrected chi connectivity index (χ1v) is 7.56. The lowest BCUT2D eigenvalue weighted by atomic mass is 10.1. The molecule has 0 amide bonds. The molecule has 1 saturated heterocycles. The van der Waals surface area contributed by atoms with E-state index in [0.29, 0.717) is 11.6 Å². The van der Waals surface area contributed by atoms with Crippen molar-refractivity contribution in [2.75, 3.05) is 24.5 Å². The third kappa shape index (κ3) is 2.98. The highest BCUT2D eigenvalue weighted by Gasteiger charge is 2.20. The molecule has 1 aliphatic rings. The third-order valence-corrected chi connectivity index (χ3v) is 3.68. The summed E-state index contributed by atoms with van der Waals surface area (Å²) in [5, 5.41) is 13.6. The van der Waals surface area contributed by atoms with Crippen molar-refractivity contribution in [2.24, 2.45) is 0 Å². The van der Waals surface area contributed by atoms with Crippen LogP contribution in [0.4, 0.5) is 5.69 Å². The minimum absolute atomic E-state index is 0.449. The first kappa shape index (κ1) is 15.3. The van der Waals surface area contributed by atoms with Crippen LogP contribution in [0.5, 0.6) is 0 Å². The van der Waals surface area contributed by atoms with Crippen molar-refractivity contribution < 1.29 is 0 Å². The predicted molar refractivity (Wildman–Crippen MR) is 87.5 cm³/mol. The SMILES string of the molecule is CC.CC1CNCCN1c1ccc(C#N)c2ncccc12. The van der Waals surface area contributed by atoms with Gasteiger partial charge in [0, 0.05) is 42.9 Å². The number of anilines is 1. The van der Waals surface area contributed by atoms with Crippen molar-refractivity contribution >= 4 is 16.6 Å². The second-order valence-corrected chi connectivity index (χ2v) is 4.89. The van der Waals surface area contributed by atoms with Crippen LogP contribution in [-0.4, -0.2) is 30.7 Å². The van der Waals surface area contributed by atoms with E-state index in [0.717, 1.165) is 30.5 Å². The van der Waals surface area contributed by atoms with Crippen LogP contribution in [0.2, 0.25) is 0 Å². The maximum atomic E-state index is 9.18. The summed E-state index contributed by atoms with van der Waals surface area (Å²) in [7, 11) is 0. The van der Waals surface area contributed by atoms with Crippen molar-refractivity contribution in [3.05, 3.63) is 36.0 Å². The van der Waals surface area contributed by atoms with E-state index in [4.69, 9.17) is 0 Å². The van der Waals surface area contributed by atoms with Crippen LogP contribution < -0.4 is 10.2 Å². The Bertz CT molecular complexity index is 645. The molecule has 1 unspecified atom stereocenters. The Hall–Kier alpha value is -2.12. The standard InChI is InChI=1S/C15H16N4.C2H6/c1-11-10-17-7-8-19(11)14-5-4-12(9-16)15-13(14)3-2-6-18-15;1-2/h2-6,11,17H,7-8,10H2,1H3;1-2H3. The van der Waals surface area contributed by atoms with Gasteiger partial charge in [0.2, 0.25) is 0 Å². The first-order chi connectivity index (χ1) is 10.3. The number of aromatic nitrogens is 1. The smallest absolute Gasteiger partial charge is 0.101 e. The number of nitriles is 1. The number of hydrogen-bond acceptors (Lipinski definition) is 4. The third-order valence-electron chi connectivity index (χ3n) is 3.68. The maximum absolute atomic E-state index is 9.18. The molecular weight excluding hydrogens is 260 g/mol. The first-order valence-electron chi connectivity index (χ1n) is 7.56. The molecule has 2 aromatic rings. The maximum Gasteiger partial charge on any atom is 0.101 e. The van der Waals surface area contributed by atoms with Gasteiger partial charge in [0.1, 0.15) is 6.07 Å². The lowest BCUT2D eigenvalue weighted by Crippen LogP contribution is -2.50. The molecule has 0 aliphatic carbocycles. The highest BCUT2D eigenvalue weighted by Crippen LogP contribution is 2.29. The second-order valence-electron chi connectivity index (χ2n) is 4.89. The van der Waals surface area contributed by atoms with Gasteiger partial charge in [-0.05, 0) is 31.2 Å². The van der Waals surface area contributed by atoms with Crippen molar-refractivity contribution in [1.29, 1.82) is 5.26 Å². The van der Waals surface area contributed by atoms with Gasteiger partial charge in [-0.1, -0.05) is 13.8 Å². The molecule has 3 rings (SSSR count). The van der Waals surface area contributed by atoms with Crippen LogP contribution in [0.15, 0.2) is 30.5 Å². The number of piperazine rings is 1. The van der Waals surface area contributed by atoms with E-state index in [1.165, 1.54) is 5.69 Å². The average molecular weight is 282 g/mol. The summed E-state index contributed by atoms with van der Waals surface area (Å²) in [6.45, 7) is 9.18. The Balaban J connectivity index is 0.000000774. The van der Waals surface area contributed by atoms with E-state index < -0.39 is 0 Å². The van der Waals surface area contributed by atoms with Crippen molar-refractivity contribution in [1.82, 2.24) is 10.3 Å². The summed E-state index contributed by atoms with van der Waals surface area (Å²) in [4.78, 5) is 6.76. The second kappa shape index (κ2) is 7.05. The molecule has 1 aromatic carbocycles. The fourth-order valence-electron chi connectivity index (χ4n) is 2.70. The molecule has 1 aliphatic heterocycles. The van der Waals surface area contributed by atoms with E-state index in [1.54, 1.807) is 6.20 Å². The minimum Gasteiger partial charge on any atom is -0.366 e. The summed E-state index contributed by atoms with van der Waals surface area (Å²) in [5.41, 5.74) is 2.62.